The molecule has 0 heterocycles. The highest BCUT2D eigenvalue weighted by Crippen LogP contribution is 2.19. The van der Waals surface area contributed by atoms with E-state index in [9.17, 15) is 4.79 Å². The van der Waals surface area contributed by atoms with Gasteiger partial charge in [-0.25, -0.2) is 4.79 Å². The summed E-state index contributed by atoms with van der Waals surface area (Å²) in [6, 6.07) is 16.7. The Morgan fingerprint density at radius 3 is 2.09 bits per heavy atom. The summed E-state index contributed by atoms with van der Waals surface area (Å²) in [6.07, 6.45) is 0.669. The Labute approximate surface area is 191 Å². The maximum absolute atomic E-state index is 12.6. The van der Waals surface area contributed by atoms with Gasteiger partial charge in [0.15, 0.2) is 0 Å². The fourth-order valence-electron chi connectivity index (χ4n) is 3.14. The predicted molar refractivity (Wildman–Crippen MR) is 126 cm³/mol. The average Bonchev–Trinajstić information content (AvgIpc) is 2.82. The summed E-state index contributed by atoms with van der Waals surface area (Å²) in [5, 5.41) is 0. The molecule has 2 aromatic carbocycles. The number of esters is 1. The SMILES string of the molecule is CCO[Si](CCCN=C(OC(=O)c1ccccc1)c1cccc(OC)c1)(OCC)OCC. The minimum Gasteiger partial charge on any atom is -0.497 e. The van der Waals surface area contributed by atoms with E-state index in [0.29, 0.717) is 55.7 Å². The van der Waals surface area contributed by atoms with Gasteiger partial charge in [0.1, 0.15) is 5.75 Å². The van der Waals surface area contributed by atoms with Crippen LogP contribution in [0.2, 0.25) is 6.04 Å². The van der Waals surface area contributed by atoms with Crippen molar-refractivity contribution in [2.75, 3.05) is 33.5 Å². The first-order chi connectivity index (χ1) is 15.6. The molecular weight excluding hydrogens is 426 g/mol. The third-order valence-electron chi connectivity index (χ3n) is 4.50. The second kappa shape index (κ2) is 13.8. The van der Waals surface area contributed by atoms with Gasteiger partial charge in [0.2, 0.25) is 5.90 Å². The fourth-order valence-corrected chi connectivity index (χ4v) is 5.73. The molecule has 0 aromatic heterocycles. The smallest absolute Gasteiger partial charge is 0.497 e. The second-order valence-electron chi connectivity index (χ2n) is 6.76. The lowest BCUT2D eigenvalue weighted by Gasteiger charge is -2.28. The monoisotopic (exact) mass is 459 g/mol. The van der Waals surface area contributed by atoms with Crippen LogP contribution in [0.3, 0.4) is 0 Å². The fraction of sp³-hybridized carbons (Fsp3) is 0.417. The number of hydrogen-bond donors (Lipinski definition) is 0. The van der Waals surface area contributed by atoms with Crippen LogP contribution in [0, 0.1) is 0 Å². The van der Waals surface area contributed by atoms with Crippen molar-refractivity contribution < 1.29 is 27.5 Å². The van der Waals surface area contributed by atoms with E-state index in [-0.39, 0.29) is 5.90 Å². The number of hydrogen-bond acceptors (Lipinski definition) is 7. The summed E-state index contributed by atoms with van der Waals surface area (Å²) in [7, 11) is -1.15. The van der Waals surface area contributed by atoms with E-state index < -0.39 is 14.8 Å². The van der Waals surface area contributed by atoms with E-state index in [1.807, 2.05) is 45.0 Å². The number of nitrogens with zero attached hydrogens (tertiary/aromatic N) is 1. The zero-order valence-electron chi connectivity index (χ0n) is 19.3. The molecule has 0 atom stereocenters. The lowest BCUT2D eigenvalue weighted by Crippen LogP contribution is -2.46. The van der Waals surface area contributed by atoms with Crippen LogP contribution in [0.15, 0.2) is 59.6 Å². The summed E-state index contributed by atoms with van der Waals surface area (Å²) < 4.78 is 28.7. The Bertz CT molecular complexity index is 842. The molecule has 8 heteroatoms. The number of ether oxygens (including phenoxy) is 2. The molecule has 0 saturated heterocycles. The summed E-state index contributed by atoms with van der Waals surface area (Å²) in [6.45, 7) is 7.81. The Morgan fingerprint density at radius 1 is 0.875 bits per heavy atom. The minimum atomic E-state index is -2.74. The first kappa shape index (κ1) is 25.7. The molecular formula is C24H33NO6Si. The van der Waals surface area contributed by atoms with Gasteiger partial charge in [-0.15, -0.1) is 0 Å². The molecule has 0 fully saturated rings. The van der Waals surface area contributed by atoms with Gasteiger partial charge in [0.25, 0.3) is 0 Å². The van der Waals surface area contributed by atoms with Crippen molar-refractivity contribution >= 4 is 20.7 Å². The molecule has 2 rings (SSSR count). The van der Waals surface area contributed by atoms with Gasteiger partial charge >= 0.3 is 14.8 Å². The Hall–Kier alpha value is -2.52. The summed E-state index contributed by atoms with van der Waals surface area (Å²) in [4.78, 5) is 17.2. The van der Waals surface area contributed by atoms with Crippen molar-refractivity contribution in [3.63, 3.8) is 0 Å². The van der Waals surface area contributed by atoms with Crippen molar-refractivity contribution in [2.24, 2.45) is 4.99 Å². The molecule has 174 valence electrons. The molecule has 2 aromatic rings. The number of rotatable bonds is 13. The molecule has 0 amide bonds. The Kier molecular flexibility index (Phi) is 11.1. The van der Waals surface area contributed by atoms with Crippen LogP contribution < -0.4 is 4.74 Å². The average molecular weight is 460 g/mol. The minimum absolute atomic E-state index is 0.245. The van der Waals surface area contributed by atoms with E-state index in [4.69, 9.17) is 22.8 Å². The molecule has 0 spiro atoms. The highest BCUT2D eigenvalue weighted by atomic mass is 28.4. The van der Waals surface area contributed by atoms with Gasteiger partial charge in [0, 0.05) is 38.0 Å². The predicted octanol–water partition coefficient (Wildman–Crippen LogP) is 4.74. The third-order valence-corrected chi connectivity index (χ3v) is 7.66. The molecule has 0 aliphatic carbocycles. The van der Waals surface area contributed by atoms with Crippen LogP contribution in [0.1, 0.15) is 43.1 Å². The van der Waals surface area contributed by atoms with Crippen molar-refractivity contribution in [3.05, 3.63) is 65.7 Å². The highest BCUT2D eigenvalue weighted by Gasteiger charge is 2.39. The largest absolute Gasteiger partial charge is 0.500 e. The molecule has 0 unspecified atom stereocenters. The second-order valence-corrected chi connectivity index (χ2v) is 9.49. The maximum atomic E-state index is 12.6. The summed E-state index contributed by atoms with van der Waals surface area (Å²) >= 11 is 0. The van der Waals surface area contributed by atoms with E-state index in [0.717, 1.165) is 0 Å². The van der Waals surface area contributed by atoms with Gasteiger partial charge in [0.05, 0.1) is 12.7 Å². The van der Waals surface area contributed by atoms with Crippen molar-refractivity contribution in [2.45, 2.75) is 33.2 Å². The molecule has 0 N–H and O–H groups in total. The van der Waals surface area contributed by atoms with Crippen LogP contribution in [-0.2, 0) is 18.0 Å². The van der Waals surface area contributed by atoms with Crippen LogP contribution >= 0.6 is 0 Å². The molecule has 32 heavy (non-hydrogen) atoms. The Morgan fingerprint density at radius 2 is 1.50 bits per heavy atom. The normalized spacial score (nSPS) is 11.9. The van der Waals surface area contributed by atoms with Gasteiger partial charge in [-0.1, -0.05) is 24.3 Å². The molecule has 0 radical (unpaired) electrons. The van der Waals surface area contributed by atoms with Gasteiger partial charge in [-0.3, -0.25) is 4.99 Å². The van der Waals surface area contributed by atoms with Crippen LogP contribution in [-0.4, -0.2) is 54.1 Å². The molecule has 7 nitrogen and oxygen atoms in total. The molecule has 0 saturated carbocycles. The van der Waals surface area contributed by atoms with Gasteiger partial charge < -0.3 is 22.8 Å². The lowest BCUT2D eigenvalue weighted by atomic mass is 10.2. The number of carbonyl (C=O) groups is 1. The summed E-state index contributed by atoms with van der Waals surface area (Å²) in [5.74, 6) is 0.435. The zero-order valence-corrected chi connectivity index (χ0v) is 20.3. The number of benzene rings is 2. The van der Waals surface area contributed by atoms with Gasteiger partial charge in [-0.2, -0.15) is 0 Å². The molecule has 0 aliphatic rings. The van der Waals surface area contributed by atoms with Gasteiger partial charge in [-0.05, 0) is 57.5 Å². The van der Waals surface area contributed by atoms with Crippen molar-refractivity contribution in [3.8, 4) is 5.75 Å². The number of carbonyl (C=O) groups excluding carboxylic acids is 1. The Balaban J connectivity index is 2.18. The van der Waals surface area contributed by atoms with Crippen molar-refractivity contribution in [1.29, 1.82) is 0 Å². The molecule has 0 bridgehead atoms. The van der Waals surface area contributed by atoms with Crippen LogP contribution in [0.4, 0.5) is 0 Å². The highest BCUT2D eigenvalue weighted by molar-refractivity contribution is 6.60. The van der Waals surface area contributed by atoms with Crippen LogP contribution in [0.5, 0.6) is 5.75 Å². The third kappa shape index (κ3) is 7.87. The first-order valence-electron chi connectivity index (χ1n) is 10.9. The number of aliphatic imine (C=N–C) groups is 1. The van der Waals surface area contributed by atoms with E-state index in [2.05, 4.69) is 4.99 Å². The van der Waals surface area contributed by atoms with Crippen molar-refractivity contribution in [1.82, 2.24) is 0 Å². The van der Waals surface area contributed by atoms with E-state index in [1.165, 1.54) is 0 Å². The van der Waals surface area contributed by atoms with E-state index >= 15 is 0 Å². The van der Waals surface area contributed by atoms with E-state index in [1.54, 1.807) is 37.4 Å². The van der Waals surface area contributed by atoms with Crippen LogP contribution in [0.25, 0.3) is 0 Å². The topological polar surface area (TPSA) is 75.6 Å². The summed E-state index contributed by atoms with van der Waals surface area (Å²) in [5.41, 5.74) is 1.12. The lowest BCUT2D eigenvalue weighted by molar-refractivity contribution is 0.0699. The first-order valence-corrected chi connectivity index (χ1v) is 12.9. The maximum Gasteiger partial charge on any atom is 0.500 e. The quantitative estimate of drug-likeness (QED) is 0.142. The zero-order chi connectivity index (χ0) is 23.2. The standard InChI is InChI=1S/C24H33NO6Si/c1-5-28-32(29-6-2,30-7-3)18-12-17-25-23(21-15-11-16-22(19-21)27-4)31-24(26)20-13-9-8-10-14-20/h8-11,13-16,19H,5-7,12,17-18H2,1-4H3. The molecule has 0 aliphatic heterocycles. The number of methoxy groups -OCH3 is 1.